The van der Waals surface area contributed by atoms with Crippen LogP contribution in [-0.4, -0.2) is 32.0 Å². The number of aliphatic carboxylic acids is 2. The van der Waals surface area contributed by atoms with Gasteiger partial charge >= 0.3 is 11.9 Å². The van der Waals surface area contributed by atoms with Gasteiger partial charge in [0, 0.05) is 0 Å². The van der Waals surface area contributed by atoms with Crippen LogP contribution < -0.4 is 0 Å². The number of carbonyl (C=O) groups is 2. The summed E-state index contributed by atoms with van der Waals surface area (Å²) in [6.07, 6.45) is 0. The van der Waals surface area contributed by atoms with Crippen molar-refractivity contribution in [3.8, 4) is 0 Å². The van der Waals surface area contributed by atoms with Crippen molar-refractivity contribution >= 4 is 23.3 Å². The van der Waals surface area contributed by atoms with Crippen LogP contribution in [0.1, 0.15) is 11.5 Å². The largest absolute Gasteiger partial charge is 0.480 e. The number of hydrogen-bond donors (Lipinski definition) is 2. The van der Waals surface area contributed by atoms with Crippen LogP contribution in [0, 0.1) is 26.0 Å². The SMILES string of the molecule is O=C(O)C(C(=O)O)c1c([N+](=O)[O-])cc(F)cc1[N+](=O)[O-]. The van der Waals surface area contributed by atoms with Crippen LogP contribution in [0.4, 0.5) is 15.8 Å². The maximum atomic E-state index is 13.1. The second kappa shape index (κ2) is 5.26. The third-order valence-corrected chi connectivity index (χ3v) is 2.28. The fourth-order valence-electron chi connectivity index (χ4n) is 1.54. The lowest BCUT2D eigenvalue weighted by Gasteiger charge is -2.09. The first kappa shape index (κ1) is 14.9. The van der Waals surface area contributed by atoms with E-state index in [2.05, 4.69) is 0 Å². The Morgan fingerprint density at radius 2 is 1.40 bits per heavy atom. The van der Waals surface area contributed by atoms with Crippen LogP contribution >= 0.6 is 0 Å². The molecule has 20 heavy (non-hydrogen) atoms. The van der Waals surface area contributed by atoms with Gasteiger partial charge in [0.1, 0.15) is 11.4 Å². The Kier molecular flexibility index (Phi) is 3.93. The van der Waals surface area contributed by atoms with Crippen LogP contribution in [0.15, 0.2) is 12.1 Å². The van der Waals surface area contributed by atoms with Gasteiger partial charge < -0.3 is 10.2 Å². The van der Waals surface area contributed by atoms with Gasteiger partial charge in [-0.15, -0.1) is 0 Å². The quantitative estimate of drug-likeness (QED) is 0.458. The number of hydrogen-bond acceptors (Lipinski definition) is 6. The average Bonchev–Trinajstić information content (AvgIpc) is 2.29. The van der Waals surface area contributed by atoms with Crippen molar-refractivity contribution in [3.63, 3.8) is 0 Å². The van der Waals surface area contributed by atoms with Gasteiger partial charge in [0.2, 0.25) is 0 Å². The maximum Gasteiger partial charge on any atom is 0.323 e. The van der Waals surface area contributed by atoms with E-state index < -0.39 is 50.5 Å². The molecular formula is C9H5FN2O8. The van der Waals surface area contributed by atoms with Gasteiger partial charge in [-0.3, -0.25) is 29.8 Å². The molecule has 106 valence electrons. The van der Waals surface area contributed by atoms with Crippen LogP contribution in [0.3, 0.4) is 0 Å². The Balaban J connectivity index is 3.80. The topological polar surface area (TPSA) is 161 Å². The van der Waals surface area contributed by atoms with E-state index in [9.17, 15) is 34.2 Å². The van der Waals surface area contributed by atoms with Crippen LogP contribution in [0.25, 0.3) is 0 Å². The molecule has 0 amide bonds. The molecule has 0 spiro atoms. The van der Waals surface area contributed by atoms with Crippen molar-refractivity contribution < 1.29 is 34.0 Å². The zero-order chi connectivity index (χ0) is 15.6. The third kappa shape index (κ3) is 2.66. The maximum absolute atomic E-state index is 13.1. The summed E-state index contributed by atoms with van der Waals surface area (Å²) in [5.74, 6) is -8.01. The predicted octanol–water partition coefficient (Wildman–Crippen LogP) is 0.895. The van der Waals surface area contributed by atoms with Crippen LogP contribution in [0.5, 0.6) is 0 Å². The van der Waals surface area contributed by atoms with E-state index in [1.54, 1.807) is 0 Å². The zero-order valence-corrected chi connectivity index (χ0v) is 9.35. The van der Waals surface area contributed by atoms with E-state index in [1.165, 1.54) is 0 Å². The van der Waals surface area contributed by atoms with Gasteiger partial charge in [0.05, 0.1) is 22.0 Å². The molecule has 10 nitrogen and oxygen atoms in total. The first-order chi connectivity index (χ1) is 9.16. The van der Waals surface area contributed by atoms with Crippen molar-refractivity contribution in [2.75, 3.05) is 0 Å². The van der Waals surface area contributed by atoms with Crippen molar-refractivity contribution in [1.82, 2.24) is 0 Å². The molecule has 0 saturated heterocycles. The fraction of sp³-hybridized carbons (Fsp3) is 0.111. The predicted molar refractivity (Wildman–Crippen MR) is 57.7 cm³/mol. The summed E-state index contributed by atoms with van der Waals surface area (Å²) < 4.78 is 13.1. The summed E-state index contributed by atoms with van der Waals surface area (Å²) >= 11 is 0. The molecule has 0 aromatic heterocycles. The highest BCUT2D eigenvalue weighted by Gasteiger charge is 2.41. The number of benzene rings is 1. The second-order valence-corrected chi connectivity index (χ2v) is 3.48. The Morgan fingerprint density at radius 1 is 1.05 bits per heavy atom. The molecule has 0 heterocycles. The highest BCUT2D eigenvalue weighted by Crippen LogP contribution is 2.36. The summed E-state index contributed by atoms with van der Waals surface area (Å²) in [6, 6.07) is 0.447. The molecule has 1 rings (SSSR count). The van der Waals surface area contributed by atoms with E-state index >= 15 is 0 Å². The zero-order valence-electron chi connectivity index (χ0n) is 9.35. The third-order valence-electron chi connectivity index (χ3n) is 2.28. The minimum absolute atomic E-state index is 0.223. The van der Waals surface area contributed by atoms with Gasteiger partial charge in [0.25, 0.3) is 11.4 Å². The average molecular weight is 288 g/mol. The molecule has 0 aliphatic carbocycles. The number of halogens is 1. The number of nitro groups is 2. The Labute approximate surface area is 108 Å². The molecule has 1 aromatic rings. The van der Waals surface area contributed by atoms with E-state index in [0.29, 0.717) is 0 Å². The van der Waals surface area contributed by atoms with Crippen molar-refractivity contribution in [1.29, 1.82) is 0 Å². The molecule has 1 aromatic carbocycles. The molecule has 2 N–H and O–H groups in total. The smallest absolute Gasteiger partial charge is 0.323 e. The lowest BCUT2D eigenvalue weighted by atomic mass is 9.95. The molecular weight excluding hydrogens is 283 g/mol. The van der Waals surface area contributed by atoms with E-state index in [0.717, 1.165) is 0 Å². The molecule has 0 atom stereocenters. The molecule has 0 bridgehead atoms. The minimum Gasteiger partial charge on any atom is -0.480 e. The van der Waals surface area contributed by atoms with Gasteiger partial charge in [-0.1, -0.05) is 0 Å². The van der Waals surface area contributed by atoms with Crippen LogP contribution in [-0.2, 0) is 9.59 Å². The lowest BCUT2D eigenvalue weighted by molar-refractivity contribution is -0.396. The fourth-order valence-corrected chi connectivity index (χ4v) is 1.54. The Hall–Kier alpha value is -3.11. The normalized spacial score (nSPS) is 10.3. The molecule has 0 fully saturated rings. The monoisotopic (exact) mass is 288 g/mol. The van der Waals surface area contributed by atoms with Gasteiger partial charge in [-0.2, -0.15) is 0 Å². The van der Waals surface area contributed by atoms with Crippen molar-refractivity contribution in [3.05, 3.63) is 43.7 Å². The standard InChI is InChI=1S/C9H5FN2O8/c10-3-1-4(11(17)18)6(5(2-3)12(19)20)7(8(13)14)9(15)16/h1-2,7H,(H,13,14)(H,15,16). The lowest BCUT2D eigenvalue weighted by Crippen LogP contribution is -2.23. The minimum atomic E-state index is -2.56. The highest BCUT2D eigenvalue weighted by atomic mass is 19.1. The summed E-state index contributed by atoms with van der Waals surface area (Å²) in [5.41, 5.74) is -3.76. The van der Waals surface area contributed by atoms with Gasteiger partial charge in [-0.05, 0) is 0 Å². The van der Waals surface area contributed by atoms with E-state index in [1.807, 2.05) is 0 Å². The molecule has 0 aliphatic heterocycles. The number of carboxylic acid groups (broad SMARTS) is 2. The van der Waals surface area contributed by atoms with Crippen molar-refractivity contribution in [2.45, 2.75) is 5.92 Å². The first-order valence-electron chi connectivity index (χ1n) is 4.74. The molecule has 0 unspecified atom stereocenters. The number of rotatable bonds is 5. The molecule has 0 aliphatic rings. The second-order valence-electron chi connectivity index (χ2n) is 3.48. The molecule has 0 saturated carbocycles. The van der Waals surface area contributed by atoms with Crippen LogP contribution in [0.2, 0.25) is 0 Å². The van der Waals surface area contributed by atoms with Crippen molar-refractivity contribution in [2.24, 2.45) is 0 Å². The first-order valence-corrected chi connectivity index (χ1v) is 4.74. The summed E-state index contributed by atoms with van der Waals surface area (Å²) in [6.45, 7) is 0. The summed E-state index contributed by atoms with van der Waals surface area (Å²) in [4.78, 5) is 40.6. The Morgan fingerprint density at radius 3 is 1.65 bits per heavy atom. The summed E-state index contributed by atoms with van der Waals surface area (Å²) in [7, 11) is 0. The van der Waals surface area contributed by atoms with Gasteiger partial charge in [-0.25, -0.2) is 4.39 Å². The molecule has 0 radical (unpaired) electrons. The number of nitro benzene ring substituents is 2. The van der Waals surface area contributed by atoms with E-state index in [-0.39, 0.29) is 12.1 Å². The van der Waals surface area contributed by atoms with E-state index in [4.69, 9.17) is 10.2 Å². The Bertz CT molecular complexity index is 579. The number of nitrogens with zero attached hydrogens (tertiary/aromatic N) is 2. The summed E-state index contributed by atoms with van der Waals surface area (Å²) in [5, 5.41) is 39.0. The molecule has 11 heteroatoms. The van der Waals surface area contributed by atoms with Gasteiger partial charge in [0.15, 0.2) is 5.92 Å². The highest BCUT2D eigenvalue weighted by molar-refractivity contribution is 6.01. The number of carboxylic acids is 2.